The highest BCUT2D eigenvalue weighted by Gasteiger charge is 2.21. The van der Waals surface area contributed by atoms with Gasteiger partial charge in [0.2, 0.25) is 11.8 Å². The predicted octanol–water partition coefficient (Wildman–Crippen LogP) is 1.82. The number of hydrogen-bond donors (Lipinski definition) is 2. The summed E-state index contributed by atoms with van der Waals surface area (Å²) in [6.07, 6.45) is 0. The van der Waals surface area contributed by atoms with Gasteiger partial charge in [0.15, 0.2) is 0 Å². The average molecular weight is 313 g/mol. The van der Waals surface area contributed by atoms with E-state index in [-0.39, 0.29) is 18.5 Å². The molecule has 0 saturated heterocycles. The maximum Gasteiger partial charge on any atom is 0.237 e. The number of primary amides is 1. The highest BCUT2D eigenvalue weighted by molar-refractivity contribution is 5.87. The minimum atomic E-state index is -0.450. The third-order valence-corrected chi connectivity index (χ3v) is 4.09. The Balaban J connectivity index is 2.13. The molecule has 122 valence electrons. The highest BCUT2D eigenvalue weighted by Crippen LogP contribution is 2.24. The summed E-state index contributed by atoms with van der Waals surface area (Å²) in [4.78, 5) is 25.0. The second-order valence-corrected chi connectivity index (χ2v) is 5.86. The molecule has 2 atom stereocenters. The number of nitrogens with zero attached hydrogens (tertiary/aromatic N) is 1. The van der Waals surface area contributed by atoms with Crippen LogP contribution in [0.2, 0.25) is 0 Å². The molecule has 0 heterocycles. The number of amides is 2. The molecule has 2 amide bonds. The first-order valence-electron chi connectivity index (χ1n) is 7.66. The molecular formula is C18H23N3O2. The van der Waals surface area contributed by atoms with Crippen molar-refractivity contribution >= 4 is 22.6 Å². The molecule has 0 bridgehead atoms. The molecule has 5 heteroatoms. The topological polar surface area (TPSA) is 75.4 Å². The first-order valence-corrected chi connectivity index (χ1v) is 7.66. The Morgan fingerprint density at radius 1 is 1.13 bits per heavy atom. The second-order valence-electron chi connectivity index (χ2n) is 5.86. The quantitative estimate of drug-likeness (QED) is 0.854. The number of carbonyl (C=O) groups excluding carboxylic acids is 2. The number of carbonyl (C=O) groups is 2. The van der Waals surface area contributed by atoms with Crippen LogP contribution in [-0.2, 0) is 9.59 Å². The van der Waals surface area contributed by atoms with Crippen molar-refractivity contribution in [2.24, 2.45) is 5.73 Å². The molecule has 23 heavy (non-hydrogen) atoms. The number of nitrogens with two attached hydrogens (primary N) is 1. The molecule has 5 nitrogen and oxygen atoms in total. The third kappa shape index (κ3) is 4.07. The van der Waals surface area contributed by atoms with Crippen molar-refractivity contribution < 1.29 is 9.59 Å². The van der Waals surface area contributed by atoms with Crippen molar-refractivity contribution in [2.75, 3.05) is 13.6 Å². The van der Waals surface area contributed by atoms with Gasteiger partial charge in [-0.3, -0.25) is 14.5 Å². The fraction of sp³-hybridized carbons (Fsp3) is 0.333. The summed E-state index contributed by atoms with van der Waals surface area (Å²) < 4.78 is 0. The van der Waals surface area contributed by atoms with Crippen LogP contribution in [0.3, 0.4) is 0 Å². The van der Waals surface area contributed by atoms with Gasteiger partial charge >= 0.3 is 0 Å². The van der Waals surface area contributed by atoms with Gasteiger partial charge in [0.05, 0.1) is 18.6 Å². The molecule has 2 unspecified atom stereocenters. The van der Waals surface area contributed by atoms with E-state index in [2.05, 4.69) is 23.5 Å². The zero-order chi connectivity index (χ0) is 17.0. The molecule has 2 aromatic rings. The third-order valence-electron chi connectivity index (χ3n) is 4.09. The van der Waals surface area contributed by atoms with Gasteiger partial charge < -0.3 is 11.1 Å². The number of hydrogen-bond acceptors (Lipinski definition) is 3. The highest BCUT2D eigenvalue weighted by atomic mass is 16.2. The van der Waals surface area contributed by atoms with Crippen LogP contribution < -0.4 is 11.1 Å². The molecule has 2 aromatic carbocycles. The van der Waals surface area contributed by atoms with Gasteiger partial charge in [-0.25, -0.2) is 0 Å². The number of likely N-dealkylation sites (N-methyl/N-ethyl adjacent to an activating group) is 1. The Morgan fingerprint density at radius 3 is 2.48 bits per heavy atom. The van der Waals surface area contributed by atoms with E-state index in [1.165, 1.54) is 0 Å². The van der Waals surface area contributed by atoms with Crippen molar-refractivity contribution in [3.8, 4) is 0 Å². The van der Waals surface area contributed by atoms with Gasteiger partial charge in [0, 0.05) is 0 Å². The Hall–Kier alpha value is -2.40. The Labute approximate surface area is 136 Å². The SMILES string of the molecule is CC(NC(=O)C(C)N(C)CC(N)=O)c1cccc2ccccc12. The van der Waals surface area contributed by atoms with Crippen LogP contribution in [0.5, 0.6) is 0 Å². The lowest BCUT2D eigenvalue weighted by molar-refractivity contribution is -0.127. The summed E-state index contributed by atoms with van der Waals surface area (Å²) in [7, 11) is 1.71. The van der Waals surface area contributed by atoms with Gasteiger partial charge in [-0.2, -0.15) is 0 Å². The molecule has 0 aromatic heterocycles. The molecule has 2 rings (SSSR count). The Bertz CT molecular complexity index is 709. The number of rotatable bonds is 6. The van der Waals surface area contributed by atoms with E-state index >= 15 is 0 Å². The van der Waals surface area contributed by atoms with Gasteiger partial charge in [0.1, 0.15) is 0 Å². The standard InChI is InChI=1S/C18H23N3O2/c1-12(20-18(23)13(2)21(3)11-17(19)22)15-10-6-8-14-7-4-5-9-16(14)15/h4-10,12-13H,11H2,1-3H3,(H2,19,22)(H,20,23). The van der Waals surface area contributed by atoms with E-state index in [0.717, 1.165) is 16.3 Å². The summed E-state index contributed by atoms with van der Waals surface area (Å²) in [6, 6.07) is 13.6. The van der Waals surface area contributed by atoms with Crippen molar-refractivity contribution in [1.29, 1.82) is 0 Å². The molecule has 3 N–H and O–H groups in total. The van der Waals surface area contributed by atoms with E-state index in [9.17, 15) is 9.59 Å². The number of nitrogens with one attached hydrogen (secondary N) is 1. The van der Waals surface area contributed by atoms with Crippen LogP contribution in [0.15, 0.2) is 42.5 Å². The normalized spacial score (nSPS) is 13.7. The maximum atomic E-state index is 12.4. The number of fused-ring (bicyclic) bond motifs is 1. The van der Waals surface area contributed by atoms with Crippen LogP contribution in [-0.4, -0.2) is 36.3 Å². The van der Waals surface area contributed by atoms with Crippen molar-refractivity contribution in [2.45, 2.75) is 25.9 Å². The van der Waals surface area contributed by atoms with Crippen LogP contribution in [0.1, 0.15) is 25.5 Å². The van der Waals surface area contributed by atoms with Crippen molar-refractivity contribution in [3.63, 3.8) is 0 Å². The lowest BCUT2D eigenvalue weighted by Gasteiger charge is -2.25. The number of benzene rings is 2. The van der Waals surface area contributed by atoms with Crippen molar-refractivity contribution in [1.82, 2.24) is 10.2 Å². The first-order chi connectivity index (χ1) is 10.9. The molecule has 0 fully saturated rings. The Morgan fingerprint density at radius 2 is 1.78 bits per heavy atom. The van der Waals surface area contributed by atoms with Gasteiger partial charge in [-0.05, 0) is 37.2 Å². The lowest BCUT2D eigenvalue weighted by atomic mass is 9.99. The van der Waals surface area contributed by atoms with Crippen LogP contribution in [0, 0.1) is 0 Å². The zero-order valence-electron chi connectivity index (χ0n) is 13.7. The van der Waals surface area contributed by atoms with E-state index in [4.69, 9.17) is 5.73 Å². The summed E-state index contributed by atoms with van der Waals surface area (Å²) in [6.45, 7) is 3.77. The van der Waals surface area contributed by atoms with Gasteiger partial charge in [-0.1, -0.05) is 42.5 Å². The lowest BCUT2D eigenvalue weighted by Crippen LogP contribution is -2.46. The van der Waals surface area contributed by atoms with E-state index in [1.807, 2.05) is 31.2 Å². The molecule has 0 aliphatic rings. The van der Waals surface area contributed by atoms with E-state index in [1.54, 1.807) is 18.9 Å². The summed E-state index contributed by atoms with van der Waals surface area (Å²) in [5.41, 5.74) is 6.24. The van der Waals surface area contributed by atoms with Crippen LogP contribution >= 0.6 is 0 Å². The smallest absolute Gasteiger partial charge is 0.237 e. The van der Waals surface area contributed by atoms with E-state index < -0.39 is 11.9 Å². The average Bonchev–Trinajstić information content (AvgIpc) is 2.52. The van der Waals surface area contributed by atoms with Crippen LogP contribution in [0.4, 0.5) is 0 Å². The fourth-order valence-corrected chi connectivity index (χ4v) is 2.62. The molecule has 0 radical (unpaired) electrons. The first kappa shape index (κ1) is 17.0. The minimum Gasteiger partial charge on any atom is -0.369 e. The second kappa shape index (κ2) is 7.24. The minimum absolute atomic E-state index is 0.0528. The summed E-state index contributed by atoms with van der Waals surface area (Å²) in [5, 5.41) is 5.28. The predicted molar refractivity (Wildman–Crippen MR) is 91.8 cm³/mol. The fourth-order valence-electron chi connectivity index (χ4n) is 2.62. The zero-order valence-corrected chi connectivity index (χ0v) is 13.7. The molecular weight excluding hydrogens is 290 g/mol. The summed E-state index contributed by atoms with van der Waals surface area (Å²) >= 11 is 0. The summed E-state index contributed by atoms with van der Waals surface area (Å²) in [5.74, 6) is -0.580. The Kier molecular flexibility index (Phi) is 5.34. The van der Waals surface area contributed by atoms with E-state index in [0.29, 0.717) is 0 Å². The molecule has 0 spiro atoms. The van der Waals surface area contributed by atoms with Crippen molar-refractivity contribution in [3.05, 3.63) is 48.0 Å². The maximum absolute atomic E-state index is 12.4. The van der Waals surface area contributed by atoms with Gasteiger partial charge in [-0.15, -0.1) is 0 Å². The molecule has 0 saturated carbocycles. The monoisotopic (exact) mass is 313 g/mol. The van der Waals surface area contributed by atoms with Gasteiger partial charge in [0.25, 0.3) is 0 Å². The largest absolute Gasteiger partial charge is 0.369 e. The van der Waals surface area contributed by atoms with Crippen LogP contribution in [0.25, 0.3) is 10.8 Å². The molecule has 0 aliphatic heterocycles. The molecule has 0 aliphatic carbocycles.